The quantitative estimate of drug-likeness (QED) is 0.662. The number of para-hydroxylation sites is 1. The fraction of sp³-hybridized carbons (Fsp3) is 0.150. The summed E-state index contributed by atoms with van der Waals surface area (Å²) in [6, 6.07) is 15.1. The van der Waals surface area contributed by atoms with E-state index < -0.39 is 0 Å². The van der Waals surface area contributed by atoms with Gasteiger partial charge < -0.3 is 14.6 Å². The number of carbonyl (C=O) groups excluding carboxylic acids is 1. The second kappa shape index (κ2) is 8.11. The largest absolute Gasteiger partial charge is 0.483 e. The molecule has 26 heavy (non-hydrogen) atoms. The molecule has 6 heteroatoms. The van der Waals surface area contributed by atoms with Gasteiger partial charge in [-0.15, -0.1) is 6.58 Å². The summed E-state index contributed by atoms with van der Waals surface area (Å²) in [5, 5.41) is 6.70. The van der Waals surface area contributed by atoms with Gasteiger partial charge in [0.2, 0.25) is 5.82 Å². The molecule has 6 nitrogen and oxygen atoms in total. The highest BCUT2D eigenvalue weighted by Crippen LogP contribution is 2.30. The summed E-state index contributed by atoms with van der Waals surface area (Å²) in [6.45, 7) is 5.86. The number of amides is 1. The van der Waals surface area contributed by atoms with E-state index in [0.29, 0.717) is 29.6 Å². The maximum absolute atomic E-state index is 11.7. The van der Waals surface area contributed by atoms with Crippen molar-refractivity contribution in [3.05, 3.63) is 66.7 Å². The SMILES string of the molecule is C=CCNC(=O)COc1ccccc1-c1nc(-c2ccc(C)cc2)no1. The van der Waals surface area contributed by atoms with Gasteiger partial charge in [0, 0.05) is 12.1 Å². The summed E-state index contributed by atoms with van der Waals surface area (Å²) >= 11 is 0. The number of nitrogens with one attached hydrogen (secondary N) is 1. The molecule has 1 N–H and O–H groups in total. The Morgan fingerprint density at radius 2 is 2.00 bits per heavy atom. The van der Waals surface area contributed by atoms with Crippen LogP contribution in [0.2, 0.25) is 0 Å². The molecular formula is C20H19N3O3. The Morgan fingerprint density at radius 1 is 1.23 bits per heavy atom. The van der Waals surface area contributed by atoms with Gasteiger partial charge in [-0.3, -0.25) is 4.79 Å². The van der Waals surface area contributed by atoms with Crippen molar-refractivity contribution < 1.29 is 14.1 Å². The third-order valence-corrected chi connectivity index (χ3v) is 3.66. The van der Waals surface area contributed by atoms with Crippen molar-refractivity contribution in [2.45, 2.75) is 6.92 Å². The van der Waals surface area contributed by atoms with Gasteiger partial charge in [0.05, 0.1) is 5.56 Å². The molecule has 1 amide bonds. The van der Waals surface area contributed by atoms with Crippen LogP contribution >= 0.6 is 0 Å². The number of ether oxygens (including phenoxy) is 1. The summed E-state index contributed by atoms with van der Waals surface area (Å²) in [5.41, 5.74) is 2.66. The summed E-state index contributed by atoms with van der Waals surface area (Å²) in [5.74, 6) is 1.10. The lowest BCUT2D eigenvalue weighted by Crippen LogP contribution is -2.28. The average molecular weight is 349 g/mol. The van der Waals surface area contributed by atoms with E-state index in [0.717, 1.165) is 11.1 Å². The lowest BCUT2D eigenvalue weighted by molar-refractivity contribution is -0.122. The van der Waals surface area contributed by atoms with E-state index >= 15 is 0 Å². The van der Waals surface area contributed by atoms with Gasteiger partial charge in [0.15, 0.2) is 6.61 Å². The van der Waals surface area contributed by atoms with Gasteiger partial charge in [-0.05, 0) is 19.1 Å². The molecule has 0 fully saturated rings. The molecule has 0 unspecified atom stereocenters. The molecule has 1 aromatic heterocycles. The maximum Gasteiger partial charge on any atom is 0.262 e. The standard InChI is InChI=1S/C20H19N3O3/c1-3-12-21-18(24)13-25-17-7-5-4-6-16(17)20-22-19(23-26-20)15-10-8-14(2)9-11-15/h3-11H,1,12-13H2,2H3,(H,21,24). The Balaban J connectivity index is 1.78. The summed E-state index contributed by atoms with van der Waals surface area (Å²) < 4.78 is 11.0. The predicted molar refractivity (Wildman–Crippen MR) is 98.6 cm³/mol. The number of aromatic nitrogens is 2. The molecule has 2 aromatic carbocycles. The van der Waals surface area contributed by atoms with E-state index in [9.17, 15) is 4.79 Å². The highest BCUT2D eigenvalue weighted by atomic mass is 16.5. The monoisotopic (exact) mass is 349 g/mol. The average Bonchev–Trinajstić information content (AvgIpc) is 3.15. The van der Waals surface area contributed by atoms with Crippen molar-refractivity contribution >= 4 is 5.91 Å². The van der Waals surface area contributed by atoms with Gasteiger partial charge >= 0.3 is 0 Å². The second-order valence-corrected chi connectivity index (χ2v) is 5.67. The molecule has 0 atom stereocenters. The van der Waals surface area contributed by atoms with Crippen LogP contribution in [0.4, 0.5) is 0 Å². The molecule has 0 spiro atoms. The zero-order valence-corrected chi connectivity index (χ0v) is 14.4. The van der Waals surface area contributed by atoms with Crippen molar-refractivity contribution in [1.29, 1.82) is 0 Å². The number of rotatable bonds is 7. The smallest absolute Gasteiger partial charge is 0.262 e. The highest BCUT2D eigenvalue weighted by molar-refractivity contribution is 5.78. The third-order valence-electron chi connectivity index (χ3n) is 3.66. The van der Waals surface area contributed by atoms with Crippen LogP contribution in [-0.2, 0) is 4.79 Å². The lowest BCUT2D eigenvalue weighted by atomic mass is 10.1. The topological polar surface area (TPSA) is 77.2 Å². The Labute approximate surface area is 151 Å². The molecule has 3 aromatic rings. The van der Waals surface area contributed by atoms with Crippen molar-refractivity contribution in [3.8, 4) is 28.6 Å². The molecule has 3 rings (SSSR count). The van der Waals surface area contributed by atoms with Gasteiger partial charge in [-0.25, -0.2) is 0 Å². The number of benzene rings is 2. The van der Waals surface area contributed by atoms with E-state index in [1.165, 1.54) is 0 Å². The van der Waals surface area contributed by atoms with Crippen LogP contribution in [0.5, 0.6) is 5.75 Å². The Kier molecular flexibility index (Phi) is 5.43. The summed E-state index contributed by atoms with van der Waals surface area (Å²) in [6.07, 6.45) is 1.61. The Bertz CT molecular complexity index is 901. The van der Waals surface area contributed by atoms with Crippen LogP contribution in [0.25, 0.3) is 22.8 Å². The zero-order chi connectivity index (χ0) is 18.4. The molecular weight excluding hydrogens is 330 g/mol. The molecule has 1 heterocycles. The molecule has 0 radical (unpaired) electrons. The van der Waals surface area contributed by atoms with Crippen LogP contribution < -0.4 is 10.1 Å². The van der Waals surface area contributed by atoms with E-state index in [4.69, 9.17) is 9.26 Å². The minimum Gasteiger partial charge on any atom is -0.483 e. The normalized spacial score (nSPS) is 10.3. The number of hydrogen-bond donors (Lipinski definition) is 1. The number of carbonyl (C=O) groups is 1. The van der Waals surface area contributed by atoms with E-state index in [2.05, 4.69) is 22.0 Å². The first-order valence-electron chi connectivity index (χ1n) is 8.18. The molecule has 0 bridgehead atoms. The molecule has 0 aliphatic rings. The van der Waals surface area contributed by atoms with Crippen LogP contribution in [0, 0.1) is 6.92 Å². The van der Waals surface area contributed by atoms with Gasteiger partial charge in [0.1, 0.15) is 5.75 Å². The van der Waals surface area contributed by atoms with Gasteiger partial charge in [0.25, 0.3) is 11.8 Å². The second-order valence-electron chi connectivity index (χ2n) is 5.67. The van der Waals surface area contributed by atoms with E-state index in [1.54, 1.807) is 12.1 Å². The Morgan fingerprint density at radius 3 is 2.77 bits per heavy atom. The molecule has 0 aliphatic heterocycles. The summed E-state index contributed by atoms with van der Waals surface area (Å²) in [7, 11) is 0. The molecule has 0 aliphatic carbocycles. The molecule has 0 saturated carbocycles. The minimum atomic E-state index is -0.231. The van der Waals surface area contributed by atoms with Crippen molar-refractivity contribution in [1.82, 2.24) is 15.5 Å². The van der Waals surface area contributed by atoms with Gasteiger partial charge in [-0.2, -0.15) is 4.98 Å². The van der Waals surface area contributed by atoms with Crippen LogP contribution in [0.3, 0.4) is 0 Å². The van der Waals surface area contributed by atoms with Crippen LogP contribution in [0.15, 0.2) is 65.7 Å². The number of nitrogens with zero attached hydrogens (tertiary/aromatic N) is 2. The van der Waals surface area contributed by atoms with Gasteiger partial charge in [-0.1, -0.05) is 53.2 Å². The minimum absolute atomic E-state index is 0.107. The van der Waals surface area contributed by atoms with Crippen molar-refractivity contribution in [2.24, 2.45) is 0 Å². The first-order valence-corrected chi connectivity index (χ1v) is 8.18. The fourth-order valence-corrected chi connectivity index (χ4v) is 2.30. The number of hydrogen-bond acceptors (Lipinski definition) is 5. The molecule has 132 valence electrons. The lowest BCUT2D eigenvalue weighted by Gasteiger charge is -2.08. The van der Waals surface area contributed by atoms with E-state index in [-0.39, 0.29) is 12.5 Å². The van der Waals surface area contributed by atoms with Crippen LogP contribution in [-0.4, -0.2) is 29.2 Å². The highest BCUT2D eigenvalue weighted by Gasteiger charge is 2.15. The number of aryl methyl sites for hydroxylation is 1. The van der Waals surface area contributed by atoms with Crippen molar-refractivity contribution in [2.75, 3.05) is 13.2 Å². The fourth-order valence-electron chi connectivity index (χ4n) is 2.30. The molecule has 0 saturated heterocycles. The first-order chi connectivity index (χ1) is 12.7. The maximum atomic E-state index is 11.7. The zero-order valence-electron chi connectivity index (χ0n) is 14.4. The van der Waals surface area contributed by atoms with Crippen LogP contribution in [0.1, 0.15) is 5.56 Å². The Hall–Kier alpha value is -3.41. The third kappa shape index (κ3) is 4.16. The van der Waals surface area contributed by atoms with E-state index in [1.807, 2.05) is 49.4 Å². The predicted octanol–water partition coefficient (Wildman–Crippen LogP) is 3.39. The summed E-state index contributed by atoms with van der Waals surface area (Å²) in [4.78, 5) is 16.2. The first kappa shape index (κ1) is 17.4. The van der Waals surface area contributed by atoms with Crippen molar-refractivity contribution in [3.63, 3.8) is 0 Å².